The number of hydrogen-bond acceptors (Lipinski definition) is 3. The molecule has 2 heterocycles. The minimum absolute atomic E-state index is 0.0147. The molecule has 0 atom stereocenters. The van der Waals surface area contributed by atoms with Crippen LogP contribution in [0.4, 0.5) is 0 Å². The molecule has 0 unspecified atom stereocenters. The fraction of sp³-hybridized carbons (Fsp3) is 0.235. The van der Waals surface area contributed by atoms with Crippen molar-refractivity contribution in [2.24, 2.45) is 0 Å². The molecule has 1 aromatic carbocycles. The number of carbonyl (C=O) groups excluding carboxylic acids is 1. The minimum atomic E-state index is 0.0147. The number of aryl methyl sites for hydroxylation is 2. The predicted octanol–water partition coefficient (Wildman–Crippen LogP) is 3.24. The lowest BCUT2D eigenvalue weighted by atomic mass is 10.0. The predicted molar refractivity (Wildman–Crippen MR) is 82.5 cm³/mol. The summed E-state index contributed by atoms with van der Waals surface area (Å²) in [5, 5.41) is 6.36. The topological polar surface area (TPSA) is 47.8 Å². The fourth-order valence-electron chi connectivity index (χ4n) is 2.53. The maximum Gasteiger partial charge on any atom is 0.211 e. The number of ketones is 1. The van der Waals surface area contributed by atoms with Gasteiger partial charge in [0.05, 0.1) is 5.69 Å². The number of carbonyl (C=O) groups is 1. The van der Waals surface area contributed by atoms with Crippen molar-refractivity contribution in [1.82, 2.24) is 14.8 Å². The monoisotopic (exact) mass is 279 g/mol. The van der Waals surface area contributed by atoms with Crippen LogP contribution >= 0.6 is 0 Å². The molecule has 0 amide bonds. The number of rotatable bonds is 4. The summed E-state index contributed by atoms with van der Waals surface area (Å²) in [5.41, 5.74) is 2.30. The first-order chi connectivity index (χ1) is 10.2. The van der Waals surface area contributed by atoms with Crippen LogP contribution in [-0.2, 0) is 13.0 Å². The molecule has 0 fully saturated rings. The number of hydrogen-bond donors (Lipinski definition) is 0. The Morgan fingerprint density at radius 2 is 2.10 bits per heavy atom. The van der Waals surface area contributed by atoms with Crippen molar-refractivity contribution in [3.8, 4) is 0 Å². The molecule has 0 spiro atoms. The number of benzene rings is 1. The summed E-state index contributed by atoms with van der Waals surface area (Å²) in [4.78, 5) is 17.0. The van der Waals surface area contributed by atoms with Crippen LogP contribution in [0.5, 0.6) is 0 Å². The van der Waals surface area contributed by atoms with Crippen molar-refractivity contribution in [3.63, 3.8) is 0 Å². The summed E-state index contributed by atoms with van der Waals surface area (Å²) in [7, 11) is 0. The van der Waals surface area contributed by atoms with Gasteiger partial charge >= 0.3 is 0 Å². The molecule has 4 nitrogen and oxygen atoms in total. The van der Waals surface area contributed by atoms with Gasteiger partial charge in [-0.3, -0.25) is 14.5 Å². The van der Waals surface area contributed by atoms with Gasteiger partial charge in [0, 0.05) is 29.9 Å². The first-order valence-corrected chi connectivity index (χ1v) is 7.18. The van der Waals surface area contributed by atoms with Crippen molar-refractivity contribution in [3.05, 3.63) is 59.7 Å². The van der Waals surface area contributed by atoms with Gasteiger partial charge in [-0.15, -0.1) is 0 Å². The van der Waals surface area contributed by atoms with Crippen molar-refractivity contribution < 1.29 is 4.79 Å². The molecular weight excluding hydrogens is 262 g/mol. The second-order valence-electron chi connectivity index (χ2n) is 4.92. The number of fused-ring (bicyclic) bond motifs is 1. The van der Waals surface area contributed by atoms with Crippen LogP contribution < -0.4 is 0 Å². The highest BCUT2D eigenvalue weighted by molar-refractivity contribution is 6.15. The van der Waals surface area contributed by atoms with Crippen LogP contribution in [0.25, 0.3) is 10.8 Å². The summed E-state index contributed by atoms with van der Waals surface area (Å²) in [6, 6.07) is 9.50. The summed E-state index contributed by atoms with van der Waals surface area (Å²) in [5.74, 6) is 0.0147. The quantitative estimate of drug-likeness (QED) is 0.689. The van der Waals surface area contributed by atoms with Gasteiger partial charge in [-0.1, -0.05) is 25.1 Å². The van der Waals surface area contributed by atoms with Gasteiger partial charge in [0.25, 0.3) is 0 Å². The zero-order chi connectivity index (χ0) is 14.8. The Morgan fingerprint density at radius 3 is 2.86 bits per heavy atom. The van der Waals surface area contributed by atoms with Crippen LogP contribution in [0.3, 0.4) is 0 Å². The zero-order valence-corrected chi connectivity index (χ0v) is 12.2. The Bertz CT molecular complexity index is 799. The first kappa shape index (κ1) is 13.5. The molecule has 0 N–H and O–H groups in total. The summed E-state index contributed by atoms with van der Waals surface area (Å²) >= 11 is 0. The molecule has 0 aliphatic heterocycles. The summed E-state index contributed by atoms with van der Waals surface area (Å²) < 4.78 is 1.78. The van der Waals surface area contributed by atoms with Crippen LogP contribution in [0.1, 0.15) is 35.6 Å². The van der Waals surface area contributed by atoms with E-state index in [1.165, 1.54) is 0 Å². The molecule has 4 heteroatoms. The van der Waals surface area contributed by atoms with E-state index in [9.17, 15) is 4.79 Å². The van der Waals surface area contributed by atoms with Gasteiger partial charge in [-0.25, -0.2) is 0 Å². The number of nitrogens with zero attached hydrogens (tertiary/aromatic N) is 3. The molecule has 2 aromatic heterocycles. The summed E-state index contributed by atoms with van der Waals surface area (Å²) in [6.07, 6.45) is 4.32. The molecule has 21 heavy (non-hydrogen) atoms. The lowest BCUT2D eigenvalue weighted by molar-refractivity contribution is 0.103. The number of pyridine rings is 1. The Balaban J connectivity index is 2.15. The molecule has 106 valence electrons. The van der Waals surface area contributed by atoms with Crippen molar-refractivity contribution >= 4 is 16.6 Å². The molecule has 3 aromatic rings. The standard InChI is InChI=1S/C17H17N3O/c1-3-13-10-16(20(4-2)19-13)17(21)15-7-5-6-12-11-18-9-8-14(12)15/h5-11H,3-4H2,1-2H3. The molecule has 3 rings (SSSR count). The molecular formula is C17H17N3O. The van der Waals surface area contributed by atoms with E-state index in [0.717, 1.165) is 22.9 Å². The maximum atomic E-state index is 12.9. The zero-order valence-electron chi connectivity index (χ0n) is 12.2. The Morgan fingerprint density at radius 1 is 1.24 bits per heavy atom. The largest absolute Gasteiger partial charge is 0.287 e. The molecule has 0 aliphatic carbocycles. The van der Waals surface area contributed by atoms with Crippen molar-refractivity contribution in [1.29, 1.82) is 0 Å². The Labute approximate surface area is 123 Å². The maximum absolute atomic E-state index is 12.9. The third-order valence-corrected chi connectivity index (χ3v) is 3.65. The van der Waals surface area contributed by atoms with E-state index in [4.69, 9.17) is 0 Å². The van der Waals surface area contributed by atoms with Crippen LogP contribution in [-0.4, -0.2) is 20.5 Å². The smallest absolute Gasteiger partial charge is 0.211 e. The summed E-state index contributed by atoms with van der Waals surface area (Å²) in [6.45, 7) is 4.73. The van der Waals surface area contributed by atoms with E-state index in [1.807, 2.05) is 44.2 Å². The third kappa shape index (κ3) is 2.33. The normalized spacial score (nSPS) is 11.0. The van der Waals surface area contributed by atoms with E-state index in [-0.39, 0.29) is 5.78 Å². The second kappa shape index (κ2) is 5.48. The Kier molecular flexibility index (Phi) is 3.52. The van der Waals surface area contributed by atoms with E-state index in [0.29, 0.717) is 17.8 Å². The highest BCUT2D eigenvalue weighted by Gasteiger charge is 2.17. The van der Waals surface area contributed by atoms with E-state index >= 15 is 0 Å². The van der Waals surface area contributed by atoms with Gasteiger partial charge in [0.2, 0.25) is 5.78 Å². The number of aromatic nitrogens is 3. The van der Waals surface area contributed by atoms with E-state index in [1.54, 1.807) is 17.1 Å². The molecule has 0 bridgehead atoms. The Hall–Kier alpha value is -2.49. The second-order valence-corrected chi connectivity index (χ2v) is 4.92. The molecule has 0 saturated heterocycles. The third-order valence-electron chi connectivity index (χ3n) is 3.65. The van der Waals surface area contributed by atoms with Crippen LogP contribution in [0, 0.1) is 0 Å². The minimum Gasteiger partial charge on any atom is -0.287 e. The first-order valence-electron chi connectivity index (χ1n) is 7.18. The molecule has 0 saturated carbocycles. The van der Waals surface area contributed by atoms with Crippen molar-refractivity contribution in [2.45, 2.75) is 26.8 Å². The lowest BCUT2D eigenvalue weighted by Gasteiger charge is -2.06. The van der Waals surface area contributed by atoms with Gasteiger partial charge in [-0.2, -0.15) is 5.10 Å². The van der Waals surface area contributed by atoms with E-state index in [2.05, 4.69) is 10.1 Å². The van der Waals surface area contributed by atoms with Crippen LogP contribution in [0.2, 0.25) is 0 Å². The molecule has 0 radical (unpaired) electrons. The van der Waals surface area contributed by atoms with Gasteiger partial charge in [-0.05, 0) is 30.9 Å². The average Bonchev–Trinajstić information content (AvgIpc) is 2.97. The molecule has 0 aliphatic rings. The van der Waals surface area contributed by atoms with Gasteiger partial charge < -0.3 is 0 Å². The highest BCUT2D eigenvalue weighted by Crippen LogP contribution is 2.21. The van der Waals surface area contributed by atoms with Crippen LogP contribution in [0.15, 0.2) is 42.7 Å². The fourth-order valence-corrected chi connectivity index (χ4v) is 2.53. The highest BCUT2D eigenvalue weighted by atomic mass is 16.1. The average molecular weight is 279 g/mol. The van der Waals surface area contributed by atoms with Gasteiger partial charge in [0.15, 0.2) is 0 Å². The van der Waals surface area contributed by atoms with Gasteiger partial charge in [0.1, 0.15) is 5.69 Å². The van der Waals surface area contributed by atoms with Crippen molar-refractivity contribution in [2.75, 3.05) is 0 Å². The lowest BCUT2D eigenvalue weighted by Crippen LogP contribution is -2.11. The SMILES string of the molecule is CCc1cc(C(=O)c2cccc3cnccc23)n(CC)n1. The van der Waals surface area contributed by atoms with E-state index < -0.39 is 0 Å².